The van der Waals surface area contributed by atoms with Crippen LogP contribution in [0, 0.1) is 0 Å². The molecule has 0 unspecified atom stereocenters. The topological polar surface area (TPSA) is 16.4 Å². The Morgan fingerprint density at radius 1 is 0.471 bits per heavy atom. The number of furan rings is 1. The average Bonchev–Trinajstić information content (AvgIpc) is 3.82. The maximum atomic E-state index is 9.57. The zero-order valence-electron chi connectivity index (χ0n) is 34.4. The van der Waals surface area contributed by atoms with E-state index in [1.807, 2.05) is 83.8 Å². The number of hydrogen-bond donors (Lipinski definition) is 0. The Morgan fingerprint density at radius 2 is 1.10 bits per heavy atom. The molecule has 240 valence electrons. The molecule has 0 fully saturated rings. The predicted molar refractivity (Wildman–Crippen MR) is 211 cm³/mol. The van der Waals surface area contributed by atoms with Gasteiger partial charge in [0.15, 0.2) is 0 Å². The SMILES string of the molecule is [2H]c1c([2H])c([2H])c2c(oc3c([2H])c([2H])c([2H])c(N(c4cccc(-c5ccccc5)c4)c4ccc5c(c4)-c4ccccc4C5(c4ccccc4)c4ccccc4)c32)c1[2H]. The third-order valence-corrected chi connectivity index (χ3v) is 10.1. The fourth-order valence-electron chi connectivity index (χ4n) is 7.95. The first-order chi connectivity index (χ1) is 28.2. The Hall–Kier alpha value is -6.64. The van der Waals surface area contributed by atoms with Crippen LogP contribution in [0.15, 0.2) is 204 Å². The summed E-state index contributed by atoms with van der Waals surface area (Å²) >= 11 is 0. The molecule has 10 rings (SSSR count). The van der Waals surface area contributed by atoms with E-state index in [0.29, 0.717) is 11.4 Å². The number of hydrogen-bond acceptors (Lipinski definition) is 2. The molecule has 9 aromatic rings. The van der Waals surface area contributed by atoms with E-state index in [1.165, 1.54) is 0 Å². The highest BCUT2D eigenvalue weighted by atomic mass is 16.3. The van der Waals surface area contributed by atoms with Crippen molar-refractivity contribution in [1.29, 1.82) is 0 Å². The van der Waals surface area contributed by atoms with Crippen molar-refractivity contribution in [1.82, 2.24) is 0 Å². The second-order valence-corrected chi connectivity index (χ2v) is 12.7. The molecule has 1 aliphatic rings. The van der Waals surface area contributed by atoms with Gasteiger partial charge in [-0.15, -0.1) is 0 Å². The summed E-state index contributed by atoms with van der Waals surface area (Å²) in [6.45, 7) is 0. The molecule has 0 N–H and O–H groups in total. The number of fused-ring (bicyclic) bond motifs is 6. The van der Waals surface area contributed by atoms with Crippen LogP contribution in [0.3, 0.4) is 0 Å². The van der Waals surface area contributed by atoms with Crippen LogP contribution in [0.25, 0.3) is 44.2 Å². The molecule has 0 spiro atoms. The lowest BCUT2D eigenvalue weighted by Gasteiger charge is -2.34. The van der Waals surface area contributed by atoms with Gasteiger partial charge in [-0.2, -0.15) is 0 Å². The molecule has 2 heteroatoms. The molecule has 0 saturated heterocycles. The molecule has 8 aromatic carbocycles. The first-order valence-electron chi connectivity index (χ1n) is 20.4. The minimum absolute atomic E-state index is 0.0564. The largest absolute Gasteiger partial charge is 0.456 e. The third kappa shape index (κ3) is 4.50. The summed E-state index contributed by atoms with van der Waals surface area (Å²) in [5.41, 5.74) is 8.97. The minimum atomic E-state index is -0.649. The van der Waals surface area contributed by atoms with E-state index < -0.39 is 17.5 Å². The van der Waals surface area contributed by atoms with Gasteiger partial charge in [0.25, 0.3) is 0 Å². The standard InChI is InChI=1S/C49H33NO/c1-4-16-34(17-5-1)35-18-14-23-38(32-35)50(45-27-15-29-47-48(45)41-25-11-13-28-46(41)51-47)39-30-31-44-42(33-39)40-24-10-12-26-43(40)49(44,36-19-6-2-7-20-36)37-21-8-3-9-22-37/h1-33H/i11D,13D,15D,25D,27D,28D,29D. The Bertz CT molecular complexity index is 3050. The summed E-state index contributed by atoms with van der Waals surface area (Å²) in [7, 11) is 0. The maximum absolute atomic E-state index is 9.57. The van der Waals surface area contributed by atoms with Gasteiger partial charge in [0, 0.05) is 16.8 Å². The molecule has 1 heterocycles. The van der Waals surface area contributed by atoms with Crippen LogP contribution in [-0.4, -0.2) is 0 Å². The van der Waals surface area contributed by atoms with Gasteiger partial charge in [-0.25, -0.2) is 0 Å². The molecule has 0 saturated carbocycles. The second-order valence-electron chi connectivity index (χ2n) is 12.7. The van der Waals surface area contributed by atoms with Gasteiger partial charge in [0.1, 0.15) is 11.2 Å². The normalized spacial score (nSPS) is 14.8. The molecule has 0 amide bonds. The van der Waals surface area contributed by atoms with Gasteiger partial charge in [0.2, 0.25) is 0 Å². The lowest BCUT2D eigenvalue weighted by Crippen LogP contribution is -2.28. The Labute approximate surface area is 307 Å². The average molecular weight is 659 g/mol. The van der Waals surface area contributed by atoms with Crippen LogP contribution >= 0.6 is 0 Å². The third-order valence-electron chi connectivity index (χ3n) is 10.1. The molecule has 1 aromatic heterocycles. The smallest absolute Gasteiger partial charge is 0.137 e. The van der Waals surface area contributed by atoms with Crippen LogP contribution in [0.4, 0.5) is 17.1 Å². The predicted octanol–water partition coefficient (Wildman–Crippen LogP) is 13.1. The number of rotatable bonds is 6. The fraction of sp³-hybridized carbons (Fsp3) is 0.0204. The monoisotopic (exact) mass is 658 g/mol. The zero-order valence-corrected chi connectivity index (χ0v) is 27.4. The highest BCUT2D eigenvalue weighted by Crippen LogP contribution is 2.57. The summed E-state index contributed by atoms with van der Waals surface area (Å²) in [5.74, 6) is 0. The quantitative estimate of drug-likeness (QED) is 0.177. The molecule has 0 radical (unpaired) electrons. The van der Waals surface area contributed by atoms with Crippen molar-refractivity contribution in [2.75, 3.05) is 4.90 Å². The van der Waals surface area contributed by atoms with Crippen molar-refractivity contribution < 1.29 is 14.0 Å². The molecule has 1 aliphatic carbocycles. The van der Waals surface area contributed by atoms with Gasteiger partial charge >= 0.3 is 0 Å². The van der Waals surface area contributed by atoms with Crippen molar-refractivity contribution in [3.8, 4) is 22.3 Å². The van der Waals surface area contributed by atoms with Crippen molar-refractivity contribution in [3.63, 3.8) is 0 Å². The molecule has 0 bridgehead atoms. The minimum Gasteiger partial charge on any atom is -0.456 e. The van der Waals surface area contributed by atoms with Crippen LogP contribution in [0.5, 0.6) is 0 Å². The van der Waals surface area contributed by atoms with Gasteiger partial charge in [0.05, 0.1) is 26.1 Å². The number of benzene rings is 8. The highest BCUT2D eigenvalue weighted by Gasteiger charge is 2.46. The van der Waals surface area contributed by atoms with E-state index in [2.05, 4.69) is 78.9 Å². The zero-order chi connectivity index (χ0) is 39.9. The van der Waals surface area contributed by atoms with E-state index >= 15 is 0 Å². The van der Waals surface area contributed by atoms with Crippen LogP contribution in [0.2, 0.25) is 0 Å². The molecule has 51 heavy (non-hydrogen) atoms. The number of nitrogens with zero attached hydrogens (tertiary/aromatic N) is 1. The summed E-state index contributed by atoms with van der Waals surface area (Å²) in [5, 5.41) is 0.225. The van der Waals surface area contributed by atoms with E-state index in [4.69, 9.17) is 12.6 Å². The summed E-state index contributed by atoms with van der Waals surface area (Å²) in [4.78, 5) is 1.87. The second kappa shape index (κ2) is 11.8. The summed E-state index contributed by atoms with van der Waals surface area (Å²) in [6, 6.07) is 50.8. The molecular weight excluding hydrogens is 619 g/mol. The van der Waals surface area contributed by atoms with Crippen molar-refractivity contribution >= 4 is 39.0 Å². The van der Waals surface area contributed by atoms with Crippen LogP contribution < -0.4 is 4.90 Å². The Morgan fingerprint density at radius 3 is 1.88 bits per heavy atom. The maximum Gasteiger partial charge on any atom is 0.137 e. The van der Waals surface area contributed by atoms with E-state index in [0.717, 1.165) is 44.5 Å². The summed E-state index contributed by atoms with van der Waals surface area (Å²) in [6.07, 6.45) is 0. The van der Waals surface area contributed by atoms with E-state index in [1.54, 1.807) is 0 Å². The molecule has 0 aliphatic heterocycles. The first-order valence-corrected chi connectivity index (χ1v) is 16.9. The van der Waals surface area contributed by atoms with E-state index in [9.17, 15) is 1.37 Å². The first kappa shape index (κ1) is 22.9. The van der Waals surface area contributed by atoms with Gasteiger partial charge in [-0.05, 0) is 86.9 Å². The lowest BCUT2D eigenvalue weighted by molar-refractivity contribution is 0.669. The molecule has 0 atom stereocenters. The van der Waals surface area contributed by atoms with Crippen molar-refractivity contribution in [2.24, 2.45) is 0 Å². The molecule has 2 nitrogen and oxygen atoms in total. The molecular formula is C49H33NO. The van der Waals surface area contributed by atoms with Crippen molar-refractivity contribution in [3.05, 3.63) is 222 Å². The van der Waals surface area contributed by atoms with Crippen molar-refractivity contribution in [2.45, 2.75) is 5.41 Å². The fourth-order valence-corrected chi connectivity index (χ4v) is 7.95. The van der Waals surface area contributed by atoms with Gasteiger partial charge in [-0.1, -0.05) is 158 Å². The van der Waals surface area contributed by atoms with E-state index in [-0.39, 0.29) is 57.8 Å². The lowest BCUT2D eigenvalue weighted by atomic mass is 9.68. The highest BCUT2D eigenvalue weighted by molar-refractivity contribution is 6.13. The number of para-hydroxylation sites is 1. The van der Waals surface area contributed by atoms with Gasteiger partial charge < -0.3 is 9.32 Å². The Balaban J connectivity index is 1.32. The van der Waals surface area contributed by atoms with Gasteiger partial charge in [-0.3, -0.25) is 0 Å². The van der Waals surface area contributed by atoms with Crippen LogP contribution in [-0.2, 0) is 5.41 Å². The summed E-state index contributed by atoms with van der Waals surface area (Å²) < 4.78 is 68.5. The Kier molecular flexibility index (Phi) is 5.28. The van der Waals surface area contributed by atoms with Crippen LogP contribution in [0.1, 0.15) is 31.8 Å². The number of anilines is 3.